The van der Waals surface area contributed by atoms with Crippen LogP contribution in [0.5, 0.6) is 0 Å². The summed E-state index contributed by atoms with van der Waals surface area (Å²) in [6, 6.07) is 22.3. The Hall–Kier alpha value is -1.60. The quantitative estimate of drug-likeness (QED) is 0.448. The molecule has 0 amide bonds. The monoisotopic (exact) mass is 390 g/mol. The average Bonchev–Trinajstić information content (AvgIpc) is 2.81. The molecule has 156 valence electrons. The van der Waals surface area contributed by atoms with Crippen LogP contribution in [-0.4, -0.2) is 13.2 Å². The number of rotatable bonds is 8. The normalized spacial score (nSPS) is 21.0. The third-order valence-corrected chi connectivity index (χ3v) is 7.49. The van der Waals surface area contributed by atoms with Gasteiger partial charge in [-0.2, -0.15) is 0 Å². The molecule has 2 unspecified atom stereocenters. The first-order valence-corrected chi connectivity index (χ1v) is 12.1. The van der Waals surface area contributed by atoms with Crippen LogP contribution in [0.3, 0.4) is 0 Å². The summed E-state index contributed by atoms with van der Waals surface area (Å²) in [7, 11) is 0. The Balaban J connectivity index is 1.43. The minimum Gasteiger partial charge on any atom is -0.380 e. The highest BCUT2D eigenvalue weighted by Crippen LogP contribution is 2.38. The summed E-state index contributed by atoms with van der Waals surface area (Å²) in [5.74, 6) is 2.69. The van der Waals surface area contributed by atoms with Crippen LogP contribution < -0.4 is 0 Å². The van der Waals surface area contributed by atoms with E-state index in [4.69, 9.17) is 4.74 Å². The number of hydrogen-bond donors (Lipinski definition) is 0. The van der Waals surface area contributed by atoms with E-state index in [1.165, 1.54) is 75.3 Å². The average molecular weight is 391 g/mol. The summed E-state index contributed by atoms with van der Waals surface area (Å²) >= 11 is 0. The lowest BCUT2D eigenvalue weighted by Crippen LogP contribution is -2.25. The van der Waals surface area contributed by atoms with Gasteiger partial charge in [-0.1, -0.05) is 99.2 Å². The molecule has 0 radical (unpaired) electrons. The summed E-state index contributed by atoms with van der Waals surface area (Å²) in [5.41, 5.74) is 2.96. The van der Waals surface area contributed by atoms with Crippen molar-refractivity contribution in [1.82, 2.24) is 0 Å². The van der Waals surface area contributed by atoms with E-state index >= 15 is 0 Å². The fraction of sp³-hybridized carbons (Fsp3) is 0.571. The van der Waals surface area contributed by atoms with Crippen molar-refractivity contribution in [2.24, 2.45) is 11.8 Å². The van der Waals surface area contributed by atoms with Crippen molar-refractivity contribution in [2.75, 3.05) is 13.2 Å². The van der Waals surface area contributed by atoms with Gasteiger partial charge in [0.15, 0.2) is 0 Å². The van der Waals surface area contributed by atoms with E-state index in [9.17, 15) is 0 Å². The fourth-order valence-corrected chi connectivity index (χ4v) is 5.80. The highest BCUT2D eigenvalue weighted by Gasteiger charge is 2.28. The van der Waals surface area contributed by atoms with Crippen LogP contribution in [0.1, 0.15) is 87.2 Å². The van der Waals surface area contributed by atoms with Gasteiger partial charge in [-0.15, -0.1) is 0 Å². The predicted molar refractivity (Wildman–Crippen MR) is 122 cm³/mol. The van der Waals surface area contributed by atoms with Gasteiger partial charge in [-0.3, -0.25) is 0 Å². The fourth-order valence-electron chi connectivity index (χ4n) is 5.80. The molecule has 2 aliphatic carbocycles. The zero-order chi connectivity index (χ0) is 19.7. The molecule has 2 aliphatic rings. The molecule has 2 fully saturated rings. The summed E-state index contributed by atoms with van der Waals surface area (Å²) in [6.45, 7) is 1.76. The lowest BCUT2D eigenvalue weighted by molar-refractivity contribution is 0.0686. The zero-order valence-corrected chi connectivity index (χ0v) is 18.0. The van der Waals surface area contributed by atoms with Crippen molar-refractivity contribution >= 4 is 0 Å². The summed E-state index contributed by atoms with van der Waals surface area (Å²) in [5, 5.41) is 0. The summed E-state index contributed by atoms with van der Waals surface area (Å²) in [4.78, 5) is 0. The van der Waals surface area contributed by atoms with Gasteiger partial charge in [-0.25, -0.2) is 0 Å². The molecule has 0 heterocycles. The lowest BCUT2D eigenvalue weighted by Gasteiger charge is -2.33. The van der Waals surface area contributed by atoms with E-state index in [1.54, 1.807) is 0 Å². The topological polar surface area (TPSA) is 9.23 Å². The van der Waals surface area contributed by atoms with Crippen molar-refractivity contribution in [2.45, 2.75) is 76.0 Å². The number of benzene rings is 2. The second-order valence-corrected chi connectivity index (χ2v) is 9.37. The van der Waals surface area contributed by atoms with E-state index < -0.39 is 0 Å². The van der Waals surface area contributed by atoms with E-state index in [2.05, 4.69) is 60.7 Å². The molecular weight excluding hydrogens is 352 g/mol. The van der Waals surface area contributed by atoms with Gasteiger partial charge in [0.2, 0.25) is 0 Å². The molecule has 0 saturated heterocycles. The van der Waals surface area contributed by atoms with Gasteiger partial charge in [0.1, 0.15) is 0 Å². The van der Waals surface area contributed by atoms with Crippen LogP contribution in [0.15, 0.2) is 60.7 Å². The van der Waals surface area contributed by atoms with Crippen molar-refractivity contribution in [3.63, 3.8) is 0 Å². The molecule has 29 heavy (non-hydrogen) atoms. The van der Waals surface area contributed by atoms with E-state index in [-0.39, 0.29) is 0 Å². The van der Waals surface area contributed by atoms with Crippen molar-refractivity contribution < 1.29 is 4.74 Å². The minimum atomic E-state index is 0.555. The Morgan fingerprint density at radius 3 is 1.31 bits per heavy atom. The molecular formula is C28H38O. The predicted octanol–water partition coefficient (Wildman–Crippen LogP) is 7.73. The molecule has 2 atom stereocenters. The van der Waals surface area contributed by atoms with Crippen LogP contribution in [0.25, 0.3) is 0 Å². The van der Waals surface area contributed by atoms with Crippen molar-refractivity contribution in [3.05, 3.63) is 71.8 Å². The first kappa shape index (κ1) is 20.7. The maximum absolute atomic E-state index is 6.57. The molecule has 0 bridgehead atoms. The minimum absolute atomic E-state index is 0.555. The second-order valence-electron chi connectivity index (χ2n) is 9.37. The largest absolute Gasteiger partial charge is 0.380 e. The highest BCUT2D eigenvalue weighted by atomic mass is 16.5. The maximum atomic E-state index is 6.57. The SMILES string of the molecule is c1ccc(C(COCC(c2ccccc2)C2CCCCC2)C2CCCCC2)cc1. The zero-order valence-electron chi connectivity index (χ0n) is 18.0. The summed E-state index contributed by atoms with van der Waals surface area (Å²) in [6.07, 6.45) is 13.9. The van der Waals surface area contributed by atoms with Crippen LogP contribution in [0, 0.1) is 11.8 Å². The Morgan fingerprint density at radius 2 is 0.931 bits per heavy atom. The Labute approximate surface area is 177 Å². The third-order valence-electron chi connectivity index (χ3n) is 7.49. The van der Waals surface area contributed by atoms with Gasteiger partial charge >= 0.3 is 0 Å². The van der Waals surface area contributed by atoms with Crippen molar-refractivity contribution in [3.8, 4) is 0 Å². The summed E-state index contributed by atoms with van der Waals surface area (Å²) < 4.78 is 6.57. The molecule has 2 aromatic rings. The first-order chi connectivity index (χ1) is 14.4. The Morgan fingerprint density at radius 1 is 0.552 bits per heavy atom. The molecule has 2 saturated carbocycles. The number of ether oxygens (including phenoxy) is 1. The standard InChI is InChI=1S/C28H38O/c1-5-13-23(14-6-1)27(24-15-7-2-8-16-24)21-29-22-28(25-17-9-3-10-18-25)26-19-11-4-12-20-26/h1,3,5-6,9-10,13-14,17-18,24,26-28H,2,4,7-8,11-12,15-16,19-22H2. The number of hydrogen-bond acceptors (Lipinski definition) is 1. The smallest absolute Gasteiger partial charge is 0.0537 e. The molecule has 0 spiro atoms. The van der Waals surface area contributed by atoms with Crippen LogP contribution >= 0.6 is 0 Å². The van der Waals surface area contributed by atoms with E-state index in [0.717, 1.165) is 25.0 Å². The van der Waals surface area contributed by atoms with Gasteiger partial charge in [0.25, 0.3) is 0 Å². The highest BCUT2D eigenvalue weighted by molar-refractivity contribution is 5.22. The molecule has 0 N–H and O–H groups in total. The van der Waals surface area contributed by atoms with Crippen LogP contribution in [-0.2, 0) is 4.74 Å². The van der Waals surface area contributed by atoms with Crippen LogP contribution in [0.4, 0.5) is 0 Å². The second kappa shape index (κ2) is 11.0. The molecule has 1 heteroatoms. The molecule has 0 aromatic heterocycles. The van der Waals surface area contributed by atoms with E-state index in [1.807, 2.05) is 0 Å². The maximum Gasteiger partial charge on any atom is 0.0537 e. The molecule has 1 nitrogen and oxygen atoms in total. The molecule has 4 rings (SSSR count). The van der Waals surface area contributed by atoms with Gasteiger partial charge in [0, 0.05) is 11.8 Å². The van der Waals surface area contributed by atoms with Gasteiger partial charge < -0.3 is 4.74 Å². The third kappa shape index (κ3) is 5.72. The Kier molecular flexibility index (Phi) is 7.82. The first-order valence-electron chi connectivity index (χ1n) is 12.1. The van der Waals surface area contributed by atoms with Gasteiger partial charge in [-0.05, 0) is 48.6 Å². The van der Waals surface area contributed by atoms with Crippen molar-refractivity contribution in [1.29, 1.82) is 0 Å². The molecule has 0 aliphatic heterocycles. The van der Waals surface area contributed by atoms with E-state index in [0.29, 0.717) is 11.8 Å². The lowest BCUT2D eigenvalue weighted by atomic mass is 9.76. The Bertz CT molecular complexity index is 621. The van der Waals surface area contributed by atoms with Crippen LogP contribution in [0.2, 0.25) is 0 Å². The van der Waals surface area contributed by atoms with Gasteiger partial charge in [0.05, 0.1) is 13.2 Å². The molecule has 2 aromatic carbocycles.